The number of hydrogen-bond donors (Lipinski definition) is 1. The molecule has 2 fully saturated rings. The Hall–Kier alpha value is -3.12. The molecule has 2 aromatic carbocycles. The van der Waals surface area contributed by atoms with Crippen LogP contribution >= 0.6 is 11.6 Å². The third-order valence-electron chi connectivity index (χ3n) is 8.20. The predicted molar refractivity (Wildman–Crippen MR) is 156 cm³/mol. The van der Waals surface area contributed by atoms with Crippen molar-refractivity contribution >= 4 is 33.9 Å². The first kappa shape index (κ1) is 26.1. The van der Waals surface area contributed by atoms with Crippen LogP contribution in [0.15, 0.2) is 36.4 Å². The zero-order valence-electron chi connectivity index (χ0n) is 22.8. The number of nitrogens with one attached hydrogen (secondary N) is 1. The first-order chi connectivity index (χ1) is 18.9. The van der Waals surface area contributed by atoms with Gasteiger partial charge in [-0.15, -0.1) is 0 Å². The van der Waals surface area contributed by atoms with Crippen LogP contribution in [0.3, 0.4) is 0 Å². The highest BCUT2D eigenvalue weighted by atomic mass is 35.5. The Morgan fingerprint density at radius 1 is 1.15 bits per heavy atom. The molecule has 2 aliphatic heterocycles. The molecule has 3 aliphatic rings. The smallest absolute Gasteiger partial charge is 0.318 e. The van der Waals surface area contributed by atoms with Crippen molar-refractivity contribution in [3.63, 3.8) is 0 Å². The molecule has 0 unspecified atom stereocenters. The molecule has 9 heteroatoms. The fraction of sp³-hybridized carbons (Fsp3) is 0.500. The van der Waals surface area contributed by atoms with Gasteiger partial charge in [-0.2, -0.15) is 15.2 Å². The standard InChI is InChI=1S/C30H36ClN7O/c1-36(2)19-30(11-12-30)20-39-29-34-25-18-37(26-8-4-6-21-5-3-7-24(31)27(21)26)15-10-23(25)28(35-29)38-16-14-33-22(17-38)9-13-32/h3-8,22,33H,9-12,14-20H2,1-2H3/t22-/m0/s1. The molecule has 6 rings (SSSR count). The van der Waals surface area contributed by atoms with Crippen LogP contribution < -0.4 is 19.9 Å². The topological polar surface area (TPSA) is 80.5 Å². The molecule has 0 radical (unpaired) electrons. The Morgan fingerprint density at radius 2 is 1.97 bits per heavy atom. The Balaban J connectivity index is 1.33. The van der Waals surface area contributed by atoms with Gasteiger partial charge in [-0.1, -0.05) is 35.9 Å². The molecule has 0 spiro atoms. The average molecular weight is 546 g/mol. The van der Waals surface area contributed by atoms with Gasteiger partial charge in [-0.05, 0) is 50.9 Å². The number of hydrogen-bond acceptors (Lipinski definition) is 8. The lowest BCUT2D eigenvalue weighted by atomic mass is 10.0. The molecule has 1 saturated carbocycles. The first-order valence-electron chi connectivity index (χ1n) is 13.9. The van der Waals surface area contributed by atoms with Gasteiger partial charge >= 0.3 is 6.01 Å². The summed E-state index contributed by atoms with van der Waals surface area (Å²) in [6.07, 6.45) is 3.66. The van der Waals surface area contributed by atoms with Gasteiger partial charge in [0.2, 0.25) is 0 Å². The van der Waals surface area contributed by atoms with E-state index in [2.05, 4.69) is 64.4 Å². The third kappa shape index (κ3) is 5.49. The highest BCUT2D eigenvalue weighted by Gasteiger charge is 2.44. The maximum Gasteiger partial charge on any atom is 0.318 e. The molecule has 3 aromatic rings. The molecular weight excluding hydrogens is 510 g/mol. The van der Waals surface area contributed by atoms with Crippen LogP contribution in [0.5, 0.6) is 6.01 Å². The summed E-state index contributed by atoms with van der Waals surface area (Å²) in [6.45, 7) is 5.59. The summed E-state index contributed by atoms with van der Waals surface area (Å²) in [6, 6.07) is 15.3. The molecule has 8 nitrogen and oxygen atoms in total. The molecule has 39 heavy (non-hydrogen) atoms. The Bertz CT molecular complexity index is 1390. The zero-order chi connectivity index (χ0) is 27.0. The molecule has 1 saturated heterocycles. The lowest BCUT2D eigenvalue weighted by Crippen LogP contribution is -2.51. The Labute approximate surface area is 235 Å². The molecule has 1 atom stereocenters. The van der Waals surface area contributed by atoms with Gasteiger partial charge in [-0.25, -0.2) is 0 Å². The van der Waals surface area contributed by atoms with Crippen molar-refractivity contribution in [2.24, 2.45) is 5.41 Å². The van der Waals surface area contributed by atoms with E-state index in [-0.39, 0.29) is 11.5 Å². The summed E-state index contributed by atoms with van der Waals surface area (Å²) >= 11 is 6.69. The van der Waals surface area contributed by atoms with Gasteiger partial charge in [-0.3, -0.25) is 0 Å². The van der Waals surface area contributed by atoms with E-state index in [1.54, 1.807) is 0 Å². The minimum absolute atomic E-state index is 0.131. The second-order valence-electron chi connectivity index (χ2n) is 11.5. The highest BCUT2D eigenvalue weighted by molar-refractivity contribution is 6.36. The van der Waals surface area contributed by atoms with E-state index in [1.165, 1.54) is 18.4 Å². The minimum Gasteiger partial charge on any atom is -0.463 e. The van der Waals surface area contributed by atoms with Gasteiger partial charge in [0.15, 0.2) is 0 Å². The van der Waals surface area contributed by atoms with Crippen molar-refractivity contribution in [3.05, 3.63) is 52.7 Å². The second-order valence-corrected chi connectivity index (χ2v) is 11.9. The van der Waals surface area contributed by atoms with Gasteiger partial charge in [0.1, 0.15) is 5.82 Å². The van der Waals surface area contributed by atoms with E-state index in [0.717, 1.165) is 72.1 Å². The Kier molecular flexibility index (Phi) is 7.23. The second kappa shape index (κ2) is 10.8. The summed E-state index contributed by atoms with van der Waals surface area (Å²) in [5, 5.41) is 15.7. The summed E-state index contributed by atoms with van der Waals surface area (Å²) in [7, 11) is 4.23. The van der Waals surface area contributed by atoms with Crippen molar-refractivity contribution in [2.45, 2.75) is 38.3 Å². The molecule has 1 aromatic heterocycles. The van der Waals surface area contributed by atoms with Crippen LogP contribution in [-0.4, -0.2) is 74.3 Å². The highest BCUT2D eigenvalue weighted by Crippen LogP contribution is 2.46. The number of rotatable bonds is 8. The lowest BCUT2D eigenvalue weighted by molar-refractivity contribution is 0.182. The molecular formula is C30H36ClN7O. The average Bonchev–Trinajstić information content (AvgIpc) is 3.70. The van der Waals surface area contributed by atoms with Crippen LogP contribution in [0.2, 0.25) is 5.02 Å². The van der Waals surface area contributed by atoms with Crippen molar-refractivity contribution in [1.29, 1.82) is 5.26 Å². The monoisotopic (exact) mass is 545 g/mol. The fourth-order valence-corrected chi connectivity index (χ4v) is 6.42. The van der Waals surface area contributed by atoms with E-state index >= 15 is 0 Å². The van der Waals surface area contributed by atoms with Crippen LogP contribution in [0.4, 0.5) is 11.5 Å². The van der Waals surface area contributed by atoms with Gasteiger partial charge in [0.25, 0.3) is 0 Å². The van der Waals surface area contributed by atoms with Gasteiger partial charge < -0.3 is 24.8 Å². The van der Waals surface area contributed by atoms with Crippen LogP contribution in [-0.2, 0) is 13.0 Å². The summed E-state index contributed by atoms with van der Waals surface area (Å²) in [4.78, 5) is 16.9. The van der Waals surface area contributed by atoms with E-state index in [1.807, 2.05) is 12.1 Å². The molecule has 3 heterocycles. The summed E-state index contributed by atoms with van der Waals surface area (Å²) in [5.74, 6) is 0.965. The SMILES string of the molecule is CN(C)CC1(COc2nc3c(c(N4CCN[C@@H](CC#N)C4)n2)CCN(c2cccc4cccc(Cl)c24)C3)CC1. The summed E-state index contributed by atoms with van der Waals surface area (Å²) in [5.41, 5.74) is 3.53. The quantitative estimate of drug-likeness (QED) is 0.450. The van der Waals surface area contributed by atoms with Crippen LogP contribution in [0.1, 0.15) is 30.5 Å². The number of nitriles is 1. The third-order valence-corrected chi connectivity index (χ3v) is 8.52. The molecule has 0 bridgehead atoms. The largest absolute Gasteiger partial charge is 0.463 e. The molecule has 1 aliphatic carbocycles. The zero-order valence-corrected chi connectivity index (χ0v) is 23.5. The number of halogens is 1. The lowest BCUT2D eigenvalue weighted by Gasteiger charge is -2.37. The number of anilines is 2. The number of nitrogens with zero attached hydrogens (tertiary/aromatic N) is 6. The van der Waals surface area contributed by atoms with E-state index in [4.69, 9.17) is 26.3 Å². The maximum absolute atomic E-state index is 9.29. The van der Waals surface area contributed by atoms with Crippen molar-refractivity contribution in [2.75, 3.05) is 63.2 Å². The first-order valence-corrected chi connectivity index (χ1v) is 14.3. The number of benzene rings is 2. The number of ether oxygens (including phenoxy) is 1. The van der Waals surface area contributed by atoms with Crippen molar-refractivity contribution in [3.8, 4) is 12.1 Å². The molecule has 1 N–H and O–H groups in total. The maximum atomic E-state index is 9.29. The normalized spacial score (nSPS) is 20.1. The Morgan fingerprint density at radius 3 is 2.74 bits per heavy atom. The molecule has 0 amide bonds. The van der Waals surface area contributed by atoms with E-state index in [0.29, 0.717) is 25.6 Å². The van der Waals surface area contributed by atoms with Gasteiger partial charge in [0.05, 0.1) is 36.4 Å². The van der Waals surface area contributed by atoms with Crippen LogP contribution in [0.25, 0.3) is 10.8 Å². The number of piperazine rings is 1. The summed E-state index contributed by atoms with van der Waals surface area (Å²) < 4.78 is 6.35. The number of fused-ring (bicyclic) bond motifs is 2. The molecule has 204 valence electrons. The van der Waals surface area contributed by atoms with E-state index in [9.17, 15) is 5.26 Å². The van der Waals surface area contributed by atoms with Gasteiger partial charge in [0, 0.05) is 60.8 Å². The van der Waals surface area contributed by atoms with E-state index < -0.39 is 0 Å². The predicted octanol–water partition coefficient (Wildman–Crippen LogP) is 4.26. The fourth-order valence-electron chi connectivity index (χ4n) is 6.14. The van der Waals surface area contributed by atoms with Crippen molar-refractivity contribution in [1.82, 2.24) is 20.2 Å². The minimum atomic E-state index is 0.131. The number of aromatic nitrogens is 2. The van der Waals surface area contributed by atoms with Crippen LogP contribution in [0, 0.1) is 16.7 Å². The van der Waals surface area contributed by atoms with Crippen molar-refractivity contribution < 1.29 is 4.74 Å².